The fourth-order valence-corrected chi connectivity index (χ4v) is 3.04. The lowest BCUT2D eigenvalue weighted by atomic mass is 9.95. The second kappa shape index (κ2) is 7.98. The van der Waals surface area contributed by atoms with Crippen LogP contribution in [0.1, 0.15) is 28.8 Å². The summed E-state index contributed by atoms with van der Waals surface area (Å²) in [5.41, 5.74) is 2.33. The summed E-state index contributed by atoms with van der Waals surface area (Å²) in [6.07, 6.45) is 4.84. The highest BCUT2D eigenvalue weighted by Crippen LogP contribution is 2.21. The van der Waals surface area contributed by atoms with Crippen molar-refractivity contribution in [2.24, 2.45) is 5.92 Å². The zero-order valence-electron chi connectivity index (χ0n) is 14.0. The highest BCUT2D eigenvalue weighted by Gasteiger charge is 2.28. The van der Waals surface area contributed by atoms with Crippen molar-refractivity contribution in [3.63, 3.8) is 0 Å². The van der Waals surface area contributed by atoms with Gasteiger partial charge in [-0.1, -0.05) is 12.1 Å². The maximum absolute atomic E-state index is 12.4. The molecule has 0 aliphatic carbocycles. The average molecular weight is 342 g/mol. The van der Waals surface area contributed by atoms with E-state index in [1.54, 1.807) is 11.0 Å². The van der Waals surface area contributed by atoms with Crippen LogP contribution in [0.25, 0.3) is 0 Å². The van der Waals surface area contributed by atoms with Crippen molar-refractivity contribution in [2.45, 2.75) is 19.3 Å². The third-order valence-corrected chi connectivity index (χ3v) is 4.54. The number of nitrogens with one attached hydrogen (secondary N) is 1. The Hall–Kier alpha value is -2.60. The maximum atomic E-state index is 12.4. The largest absolute Gasteiger partial charge is 0.472 e. The fraction of sp³-hybridized carbons (Fsp3) is 0.368. The molecule has 25 heavy (non-hydrogen) atoms. The van der Waals surface area contributed by atoms with Gasteiger partial charge in [0.1, 0.15) is 6.26 Å². The summed E-state index contributed by atoms with van der Waals surface area (Å²) in [4.78, 5) is 26.4. The van der Waals surface area contributed by atoms with Crippen molar-refractivity contribution in [3.8, 4) is 0 Å². The highest BCUT2D eigenvalue weighted by molar-refractivity contribution is 5.95. The van der Waals surface area contributed by atoms with Crippen LogP contribution in [-0.4, -0.2) is 41.5 Å². The molecule has 0 unspecified atom stereocenters. The second-order valence-electron chi connectivity index (χ2n) is 6.24. The Bertz CT molecular complexity index is 702. The lowest BCUT2D eigenvalue weighted by molar-refractivity contribution is -0.121. The van der Waals surface area contributed by atoms with Gasteiger partial charge >= 0.3 is 0 Å². The molecule has 1 fully saturated rings. The van der Waals surface area contributed by atoms with Crippen molar-refractivity contribution in [1.82, 2.24) is 4.90 Å². The van der Waals surface area contributed by atoms with Gasteiger partial charge < -0.3 is 19.7 Å². The number of amides is 2. The first kappa shape index (κ1) is 17.2. The molecular weight excluding hydrogens is 320 g/mol. The topological polar surface area (TPSA) is 82.8 Å². The van der Waals surface area contributed by atoms with Crippen LogP contribution in [0.5, 0.6) is 0 Å². The average Bonchev–Trinajstić information content (AvgIpc) is 3.18. The first-order chi connectivity index (χ1) is 12.2. The minimum Gasteiger partial charge on any atom is -0.472 e. The number of carbonyl (C=O) groups is 2. The molecule has 1 aromatic carbocycles. The van der Waals surface area contributed by atoms with Crippen LogP contribution in [0.3, 0.4) is 0 Å². The molecule has 0 spiro atoms. The first-order valence-electron chi connectivity index (χ1n) is 8.49. The molecule has 6 nitrogen and oxygen atoms in total. The summed E-state index contributed by atoms with van der Waals surface area (Å²) in [6, 6.07) is 9.15. The van der Waals surface area contributed by atoms with E-state index in [1.165, 1.54) is 12.5 Å². The second-order valence-corrected chi connectivity index (χ2v) is 6.24. The Morgan fingerprint density at radius 3 is 2.48 bits per heavy atom. The Labute approximate surface area is 146 Å². The number of benzene rings is 1. The molecule has 0 bridgehead atoms. The molecule has 2 amide bonds. The van der Waals surface area contributed by atoms with Crippen molar-refractivity contribution >= 4 is 17.5 Å². The predicted octanol–water partition coefficient (Wildman–Crippen LogP) is 2.31. The number of nitrogens with zero attached hydrogens (tertiary/aromatic N) is 1. The van der Waals surface area contributed by atoms with E-state index in [0.717, 1.165) is 11.3 Å². The zero-order valence-corrected chi connectivity index (χ0v) is 14.0. The quantitative estimate of drug-likeness (QED) is 0.873. The molecule has 6 heteroatoms. The van der Waals surface area contributed by atoms with Gasteiger partial charge in [0.15, 0.2) is 0 Å². The van der Waals surface area contributed by atoms with Gasteiger partial charge in [-0.3, -0.25) is 9.59 Å². The molecule has 1 aliphatic rings. The molecule has 0 atom stereocenters. The van der Waals surface area contributed by atoms with E-state index in [0.29, 0.717) is 37.9 Å². The number of aliphatic hydroxyl groups excluding tert-OH is 1. The molecule has 0 saturated carbocycles. The van der Waals surface area contributed by atoms with Gasteiger partial charge in [-0.2, -0.15) is 0 Å². The number of hydrogen-bond acceptors (Lipinski definition) is 4. The van der Waals surface area contributed by atoms with Gasteiger partial charge in [0.25, 0.3) is 5.91 Å². The SMILES string of the molecule is O=C(Nc1ccc(CCO)cc1)C1CCN(C(=O)c2ccoc2)CC1. The summed E-state index contributed by atoms with van der Waals surface area (Å²) in [7, 11) is 0. The summed E-state index contributed by atoms with van der Waals surface area (Å²) in [5.74, 6) is -0.150. The van der Waals surface area contributed by atoms with E-state index in [-0.39, 0.29) is 24.3 Å². The number of aliphatic hydroxyl groups is 1. The lowest BCUT2D eigenvalue weighted by Gasteiger charge is -2.31. The number of piperidine rings is 1. The third kappa shape index (κ3) is 4.28. The summed E-state index contributed by atoms with van der Waals surface area (Å²) in [5, 5.41) is 11.9. The van der Waals surface area contributed by atoms with Gasteiger partial charge in [-0.05, 0) is 43.0 Å². The van der Waals surface area contributed by atoms with Gasteiger partial charge in [0.2, 0.25) is 5.91 Å². The molecule has 2 aromatic rings. The van der Waals surface area contributed by atoms with Crippen molar-refractivity contribution in [1.29, 1.82) is 0 Å². The number of carbonyl (C=O) groups excluding carboxylic acids is 2. The molecule has 3 rings (SSSR count). The molecule has 1 aromatic heterocycles. The number of likely N-dealkylation sites (tertiary alicyclic amines) is 1. The van der Waals surface area contributed by atoms with Gasteiger partial charge in [-0.25, -0.2) is 0 Å². The zero-order chi connectivity index (χ0) is 17.6. The van der Waals surface area contributed by atoms with Crippen LogP contribution in [0, 0.1) is 5.92 Å². The van der Waals surface area contributed by atoms with Gasteiger partial charge in [0, 0.05) is 31.3 Å². The van der Waals surface area contributed by atoms with Crippen molar-refractivity contribution in [3.05, 3.63) is 54.0 Å². The van der Waals surface area contributed by atoms with Crippen LogP contribution in [0.15, 0.2) is 47.3 Å². The van der Waals surface area contributed by atoms with E-state index in [1.807, 2.05) is 24.3 Å². The van der Waals surface area contributed by atoms with E-state index in [4.69, 9.17) is 9.52 Å². The van der Waals surface area contributed by atoms with Crippen molar-refractivity contribution < 1.29 is 19.1 Å². The number of anilines is 1. The Balaban J connectivity index is 1.50. The van der Waals surface area contributed by atoms with Crippen molar-refractivity contribution in [2.75, 3.05) is 25.0 Å². The van der Waals surface area contributed by atoms with Crippen LogP contribution >= 0.6 is 0 Å². The van der Waals surface area contributed by atoms with Crippen LogP contribution in [0.4, 0.5) is 5.69 Å². The molecule has 0 radical (unpaired) electrons. The first-order valence-corrected chi connectivity index (χ1v) is 8.49. The van der Waals surface area contributed by atoms with Crippen LogP contribution in [-0.2, 0) is 11.2 Å². The summed E-state index contributed by atoms with van der Waals surface area (Å²) >= 11 is 0. The summed E-state index contributed by atoms with van der Waals surface area (Å²) in [6.45, 7) is 1.25. The third-order valence-electron chi connectivity index (χ3n) is 4.54. The van der Waals surface area contributed by atoms with Crippen LogP contribution < -0.4 is 5.32 Å². The monoisotopic (exact) mass is 342 g/mol. The number of furan rings is 1. The Morgan fingerprint density at radius 1 is 1.16 bits per heavy atom. The van der Waals surface area contributed by atoms with Gasteiger partial charge in [0.05, 0.1) is 11.8 Å². The predicted molar refractivity (Wildman–Crippen MR) is 93.2 cm³/mol. The minimum absolute atomic E-state index is 0.00896. The molecular formula is C19H22N2O4. The molecule has 1 aliphatic heterocycles. The molecule has 2 heterocycles. The minimum atomic E-state index is -0.0921. The molecule has 2 N–H and O–H groups in total. The summed E-state index contributed by atoms with van der Waals surface area (Å²) < 4.78 is 4.95. The number of hydrogen-bond donors (Lipinski definition) is 2. The smallest absolute Gasteiger partial charge is 0.257 e. The number of rotatable bonds is 5. The highest BCUT2D eigenvalue weighted by atomic mass is 16.3. The Kier molecular flexibility index (Phi) is 5.50. The lowest BCUT2D eigenvalue weighted by Crippen LogP contribution is -2.41. The molecule has 132 valence electrons. The standard InChI is InChI=1S/C19H22N2O4/c22-11-7-14-1-3-17(4-2-14)20-18(23)15-5-9-21(10-6-15)19(24)16-8-12-25-13-16/h1-4,8,12-13,15,22H,5-7,9-11H2,(H,20,23). The normalized spacial score (nSPS) is 15.2. The van der Waals surface area contributed by atoms with E-state index in [9.17, 15) is 9.59 Å². The van der Waals surface area contributed by atoms with E-state index in [2.05, 4.69) is 5.32 Å². The maximum Gasteiger partial charge on any atom is 0.257 e. The van der Waals surface area contributed by atoms with Crippen LogP contribution in [0.2, 0.25) is 0 Å². The molecule has 1 saturated heterocycles. The fourth-order valence-electron chi connectivity index (χ4n) is 3.04. The van der Waals surface area contributed by atoms with E-state index < -0.39 is 0 Å². The Morgan fingerprint density at radius 2 is 1.88 bits per heavy atom. The van der Waals surface area contributed by atoms with E-state index >= 15 is 0 Å². The van der Waals surface area contributed by atoms with Gasteiger partial charge in [-0.15, -0.1) is 0 Å².